The highest BCUT2D eigenvalue weighted by molar-refractivity contribution is 7.13. The molecule has 1 saturated carbocycles. The summed E-state index contributed by atoms with van der Waals surface area (Å²) in [6.45, 7) is 3.33. The van der Waals surface area contributed by atoms with Crippen LogP contribution in [0.25, 0.3) is 10.6 Å². The number of amides is 2. The van der Waals surface area contributed by atoms with Gasteiger partial charge in [0.2, 0.25) is 0 Å². The Kier molecular flexibility index (Phi) is 6.42. The van der Waals surface area contributed by atoms with Crippen LogP contribution in [0.15, 0.2) is 35.8 Å². The van der Waals surface area contributed by atoms with E-state index in [1.165, 1.54) is 19.3 Å². The molecule has 0 aliphatic heterocycles. The van der Waals surface area contributed by atoms with E-state index in [1.54, 1.807) is 17.5 Å². The molecule has 0 bridgehead atoms. The molecule has 2 N–H and O–H groups in total. The molecule has 1 heterocycles. The van der Waals surface area contributed by atoms with Crippen molar-refractivity contribution in [1.29, 1.82) is 0 Å². The second kappa shape index (κ2) is 8.97. The molecule has 1 aromatic heterocycles. The van der Waals surface area contributed by atoms with Crippen LogP contribution in [0.5, 0.6) is 0 Å². The molecule has 134 valence electrons. The van der Waals surface area contributed by atoms with Crippen molar-refractivity contribution in [2.75, 3.05) is 18.5 Å². The van der Waals surface area contributed by atoms with Gasteiger partial charge in [0.25, 0.3) is 0 Å². The molecule has 1 aliphatic rings. The number of ether oxygens (including phenoxy) is 1. The van der Waals surface area contributed by atoms with Crippen molar-refractivity contribution in [2.45, 2.75) is 38.7 Å². The lowest BCUT2D eigenvalue weighted by Gasteiger charge is -2.28. The summed E-state index contributed by atoms with van der Waals surface area (Å²) in [7, 11) is 0. The number of hydrogen-bond acceptors (Lipinski definition) is 4. The van der Waals surface area contributed by atoms with Gasteiger partial charge in [-0.05, 0) is 43.0 Å². The van der Waals surface area contributed by atoms with Crippen LogP contribution >= 0.6 is 11.3 Å². The Hall–Kier alpha value is -1.92. The smallest absolute Gasteiger partial charge is 0.319 e. The van der Waals surface area contributed by atoms with Gasteiger partial charge in [0.05, 0.1) is 12.7 Å². The highest BCUT2D eigenvalue weighted by Crippen LogP contribution is 2.26. The van der Waals surface area contributed by atoms with Crippen molar-refractivity contribution in [1.82, 2.24) is 10.3 Å². The SMILES string of the molecule is C[C@@H]1CCCC[C@@H]1OCCNC(=O)Nc1ccc(-c2nccs2)cc1. The zero-order valence-electron chi connectivity index (χ0n) is 14.5. The minimum atomic E-state index is -0.206. The molecule has 1 fully saturated rings. The fraction of sp³-hybridized carbons (Fsp3) is 0.474. The molecule has 0 saturated heterocycles. The number of carbonyl (C=O) groups excluding carboxylic acids is 1. The zero-order chi connectivity index (χ0) is 17.5. The summed E-state index contributed by atoms with van der Waals surface area (Å²) in [5, 5.41) is 8.61. The number of benzene rings is 1. The third-order valence-electron chi connectivity index (χ3n) is 4.57. The van der Waals surface area contributed by atoms with E-state index in [0.29, 0.717) is 25.2 Å². The molecule has 1 aliphatic carbocycles. The maximum absolute atomic E-state index is 12.0. The second-order valence-corrected chi connectivity index (χ2v) is 7.36. The predicted molar refractivity (Wildman–Crippen MR) is 102 cm³/mol. The van der Waals surface area contributed by atoms with Crippen LogP contribution in [0.1, 0.15) is 32.6 Å². The zero-order valence-corrected chi connectivity index (χ0v) is 15.3. The van der Waals surface area contributed by atoms with Crippen molar-refractivity contribution in [3.05, 3.63) is 35.8 Å². The first kappa shape index (κ1) is 17.9. The summed E-state index contributed by atoms with van der Waals surface area (Å²) in [4.78, 5) is 16.2. The lowest BCUT2D eigenvalue weighted by molar-refractivity contribution is -0.00232. The van der Waals surface area contributed by atoms with E-state index in [-0.39, 0.29) is 6.03 Å². The van der Waals surface area contributed by atoms with Gasteiger partial charge < -0.3 is 15.4 Å². The maximum atomic E-state index is 12.0. The van der Waals surface area contributed by atoms with Crippen molar-refractivity contribution in [3.63, 3.8) is 0 Å². The number of thiazole rings is 1. The largest absolute Gasteiger partial charge is 0.376 e. The van der Waals surface area contributed by atoms with Gasteiger partial charge in [0.1, 0.15) is 5.01 Å². The molecule has 1 aromatic carbocycles. The topological polar surface area (TPSA) is 63.2 Å². The van der Waals surface area contributed by atoms with Gasteiger partial charge >= 0.3 is 6.03 Å². The Morgan fingerprint density at radius 1 is 1.28 bits per heavy atom. The minimum Gasteiger partial charge on any atom is -0.376 e. The third-order valence-corrected chi connectivity index (χ3v) is 5.40. The normalized spacial score (nSPS) is 20.2. The third kappa shape index (κ3) is 5.28. The number of nitrogens with zero attached hydrogens (tertiary/aromatic N) is 1. The molecule has 2 aromatic rings. The van der Waals surface area contributed by atoms with E-state index in [1.807, 2.05) is 29.6 Å². The fourth-order valence-corrected chi connectivity index (χ4v) is 3.79. The minimum absolute atomic E-state index is 0.206. The summed E-state index contributed by atoms with van der Waals surface area (Å²) in [6.07, 6.45) is 7.07. The molecular weight excluding hydrogens is 334 g/mol. The average molecular weight is 359 g/mol. The van der Waals surface area contributed by atoms with Crippen LogP contribution < -0.4 is 10.6 Å². The van der Waals surface area contributed by atoms with E-state index < -0.39 is 0 Å². The molecule has 2 atom stereocenters. The highest BCUT2D eigenvalue weighted by atomic mass is 32.1. The molecule has 2 amide bonds. The molecular formula is C19H25N3O2S. The molecule has 0 spiro atoms. The molecule has 25 heavy (non-hydrogen) atoms. The Balaban J connectivity index is 1.37. The van der Waals surface area contributed by atoms with Crippen LogP contribution in [-0.4, -0.2) is 30.3 Å². The van der Waals surface area contributed by atoms with E-state index in [9.17, 15) is 4.79 Å². The predicted octanol–water partition coefficient (Wildman–Crippen LogP) is 4.53. The van der Waals surface area contributed by atoms with Gasteiger partial charge in [0.15, 0.2) is 0 Å². The number of aromatic nitrogens is 1. The van der Waals surface area contributed by atoms with E-state index in [4.69, 9.17) is 4.74 Å². The summed E-state index contributed by atoms with van der Waals surface area (Å²) in [5.41, 5.74) is 1.82. The summed E-state index contributed by atoms with van der Waals surface area (Å²) >= 11 is 1.60. The van der Waals surface area contributed by atoms with Crippen LogP contribution in [-0.2, 0) is 4.74 Å². The van der Waals surface area contributed by atoms with E-state index >= 15 is 0 Å². The Labute approximate surface area is 152 Å². The monoisotopic (exact) mass is 359 g/mol. The van der Waals surface area contributed by atoms with Crippen LogP contribution in [0.4, 0.5) is 10.5 Å². The van der Waals surface area contributed by atoms with Crippen LogP contribution in [0.2, 0.25) is 0 Å². The number of nitrogens with one attached hydrogen (secondary N) is 2. The molecule has 3 rings (SSSR count). The Morgan fingerprint density at radius 2 is 2.08 bits per heavy atom. The lowest BCUT2D eigenvalue weighted by Crippen LogP contribution is -2.34. The first-order chi connectivity index (χ1) is 12.2. The van der Waals surface area contributed by atoms with Gasteiger partial charge in [-0.25, -0.2) is 9.78 Å². The molecule has 0 unspecified atom stereocenters. The highest BCUT2D eigenvalue weighted by Gasteiger charge is 2.21. The molecule has 6 heteroatoms. The van der Waals surface area contributed by atoms with Crippen molar-refractivity contribution in [3.8, 4) is 10.6 Å². The molecule has 0 radical (unpaired) electrons. The maximum Gasteiger partial charge on any atom is 0.319 e. The Morgan fingerprint density at radius 3 is 2.80 bits per heavy atom. The lowest BCUT2D eigenvalue weighted by atomic mass is 9.88. The number of hydrogen-bond donors (Lipinski definition) is 2. The number of carbonyl (C=O) groups is 1. The van der Waals surface area contributed by atoms with Gasteiger partial charge in [-0.2, -0.15) is 0 Å². The van der Waals surface area contributed by atoms with Crippen molar-refractivity contribution < 1.29 is 9.53 Å². The quantitative estimate of drug-likeness (QED) is 0.745. The van der Waals surface area contributed by atoms with Crippen molar-refractivity contribution in [2.24, 2.45) is 5.92 Å². The second-order valence-electron chi connectivity index (χ2n) is 6.47. The summed E-state index contributed by atoms with van der Waals surface area (Å²) < 4.78 is 5.90. The van der Waals surface area contributed by atoms with Gasteiger partial charge in [-0.3, -0.25) is 0 Å². The standard InChI is InChI=1S/C19H25N3O2S/c1-14-4-2-3-5-17(14)24-12-10-21-19(23)22-16-8-6-15(7-9-16)18-20-11-13-25-18/h6-9,11,13-14,17H,2-5,10,12H2,1H3,(H2,21,22,23)/t14-,17+/m1/s1. The number of rotatable bonds is 6. The fourth-order valence-electron chi connectivity index (χ4n) is 3.14. The van der Waals surface area contributed by atoms with E-state index in [0.717, 1.165) is 22.7 Å². The summed E-state index contributed by atoms with van der Waals surface area (Å²) in [6, 6.07) is 7.49. The number of urea groups is 1. The molecule has 5 nitrogen and oxygen atoms in total. The average Bonchev–Trinajstić information content (AvgIpc) is 3.15. The first-order valence-corrected chi connectivity index (χ1v) is 9.77. The van der Waals surface area contributed by atoms with Crippen molar-refractivity contribution >= 4 is 23.1 Å². The van der Waals surface area contributed by atoms with Gasteiger partial charge in [0, 0.05) is 29.4 Å². The van der Waals surface area contributed by atoms with Crippen LogP contribution in [0.3, 0.4) is 0 Å². The van der Waals surface area contributed by atoms with Gasteiger partial charge in [-0.15, -0.1) is 11.3 Å². The van der Waals surface area contributed by atoms with E-state index in [2.05, 4.69) is 22.5 Å². The van der Waals surface area contributed by atoms with Gasteiger partial charge in [-0.1, -0.05) is 19.8 Å². The Bertz CT molecular complexity index is 658. The summed E-state index contributed by atoms with van der Waals surface area (Å²) in [5.74, 6) is 0.624. The van der Waals surface area contributed by atoms with Crippen LogP contribution in [0, 0.1) is 5.92 Å². The first-order valence-electron chi connectivity index (χ1n) is 8.89. The number of anilines is 1.